The number of benzene rings is 3. The number of carbonyl (C=O) groups is 2. The van der Waals surface area contributed by atoms with Crippen molar-refractivity contribution in [3.8, 4) is 23.0 Å². The first-order valence-electron chi connectivity index (χ1n) is 17.8. The third-order valence-corrected chi connectivity index (χ3v) is 9.10. The molecule has 0 aliphatic carbocycles. The molecule has 10 heteroatoms. The predicted octanol–water partition coefficient (Wildman–Crippen LogP) is 8.57. The number of nitrogens with one attached hydrogen (secondary N) is 2. The van der Waals surface area contributed by atoms with Crippen LogP contribution in [0.5, 0.6) is 23.0 Å². The number of urea groups is 1. The van der Waals surface area contributed by atoms with Crippen LogP contribution in [-0.2, 0) is 4.74 Å². The Hall–Kier alpha value is -4.28. The number of piperidine rings is 1. The summed E-state index contributed by atoms with van der Waals surface area (Å²) >= 11 is 0. The van der Waals surface area contributed by atoms with Gasteiger partial charge in [0.25, 0.3) is 5.91 Å². The molecule has 1 aliphatic rings. The first-order valence-corrected chi connectivity index (χ1v) is 17.8. The summed E-state index contributed by atoms with van der Waals surface area (Å²) in [7, 11) is 3.19. The Kier molecular flexibility index (Phi) is 14.2. The standard InChI is InChI=1S/C39H54N4O6/c1-7-10-24-43(25-12-11-13-26-43)49-35-19-14-30(15-20-35)38(44)42(29(4)28-46-5)33-17-21-34(22-18-33)48-36-23-16-32(27-37(36)47-6)41-39(45)40-31(8-2)9-3/h14-23,27,29,31H,7-13,24-26,28H2,1-6H3,(H-,40,41,45)/p+1. The molecule has 3 amide bonds. The number of carbonyl (C=O) groups excluding carboxylic acids is 2. The Labute approximate surface area is 292 Å². The zero-order valence-electron chi connectivity index (χ0n) is 30.1. The summed E-state index contributed by atoms with van der Waals surface area (Å²) in [5.74, 6) is 2.20. The largest absolute Gasteiger partial charge is 0.493 e. The number of quaternary nitrogens is 1. The third-order valence-electron chi connectivity index (χ3n) is 9.10. The summed E-state index contributed by atoms with van der Waals surface area (Å²) in [6.07, 6.45) is 7.58. The lowest BCUT2D eigenvalue weighted by Gasteiger charge is -2.38. The Bertz CT molecular complexity index is 1470. The quantitative estimate of drug-likeness (QED) is 0.139. The molecule has 0 bridgehead atoms. The molecule has 1 unspecified atom stereocenters. The normalized spacial score (nSPS) is 14.5. The van der Waals surface area contributed by atoms with Gasteiger partial charge in [-0.25, -0.2) is 4.79 Å². The van der Waals surface area contributed by atoms with Gasteiger partial charge in [0, 0.05) is 49.0 Å². The van der Waals surface area contributed by atoms with Crippen LogP contribution in [0, 0.1) is 0 Å². The minimum atomic E-state index is -0.263. The fourth-order valence-corrected chi connectivity index (χ4v) is 6.28. The van der Waals surface area contributed by atoms with E-state index in [9.17, 15) is 9.59 Å². The molecule has 1 heterocycles. The molecule has 1 fully saturated rings. The summed E-state index contributed by atoms with van der Waals surface area (Å²) in [6.45, 7) is 11.7. The predicted molar refractivity (Wildman–Crippen MR) is 195 cm³/mol. The molecule has 10 nitrogen and oxygen atoms in total. The maximum atomic E-state index is 14.0. The van der Waals surface area contributed by atoms with Crippen molar-refractivity contribution < 1.29 is 33.3 Å². The second-order valence-electron chi connectivity index (χ2n) is 12.8. The van der Waals surface area contributed by atoms with Gasteiger partial charge in [0.15, 0.2) is 17.2 Å². The molecule has 3 aromatic carbocycles. The summed E-state index contributed by atoms with van der Waals surface area (Å²) in [6, 6.07) is 19.8. The second kappa shape index (κ2) is 18.5. The van der Waals surface area contributed by atoms with E-state index in [1.54, 1.807) is 37.3 Å². The van der Waals surface area contributed by atoms with Crippen molar-refractivity contribution >= 4 is 23.3 Å². The summed E-state index contributed by atoms with van der Waals surface area (Å²) in [5, 5.41) is 5.83. The van der Waals surface area contributed by atoms with Gasteiger partial charge in [0.05, 0.1) is 19.8 Å². The van der Waals surface area contributed by atoms with Gasteiger partial charge in [-0.05, 0) is 93.3 Å². The molecule has 2 N–H and O–H groups in total. The highest BCUT2D eigenvalue weighted by molar-refractivity contribution is 6.06. The van der Waals surface area contributed by atoms with E-state index in [1.165, 1.54) is 19.3 Å². The molecule has 1 aliphatic heterocycles. The Morgan fingerprint density at radius 2 is 1.53 bits per heavy atom. The van der Waals surface area contributed by atoms with Gasteiger partial charge in [-0.3, -0.25) is 4.79 Å². The molecular weight excluding hydrogens is 620 g/mol. The Morgan fingerprint density at radius 3 is 2.14 bits per heavy atom. The van der Waals surface area contributed by atoms with E-state index < -0.39 is 0 Å². The van der Waals surface area contributed by atoms with Gasteiger partial charge in [0.2, 0.25) is 0 Å². The summed E-state index contributed by atoms with van der Waals surface area (Å²) in [4.78, 5) is 34.7. The van der Waals surface area contributed by atoms with Gasteiger partial charge in [-0.15, -0.1) is 4.65 Å². The number of rotatable bonds is 17. The number of nitrogens with zero attached hydrogens (tertiary/aromatic N) is 2. The highest BCUT2D eigenvalue weighted by atomic mass is 16.7. The molecule has 1 atom stereocenters. The number of methoxy groups -OCH3 is 2. The number of hydroxylamine groups is 3. The lowest BCUT2D eigenvalue weighted by molar-refractivity contribution is -1.08. The van der Waals surface area contributed by atoms with Crippen LogP contribution in [0.25, 0.3) is 0 Å². The number of ether oxygens (including phenoxy) is 3. The van der Waals surface area contributed by atoms with Gasteiger partial charge >= 0.3 is 6.03 Å². The topological polar surface area (TPSA) is 98.4 Å². The fraction of sp³-hybridized carbons (Fsp3) is 0.487. The van der Waals surface area contributed by atoms with Crippen molar-refractivity contribution in [3.63, 3.8) is 0 Å². The lowest BCUT2D eigenvalue weighted by Crippen LogP contribution is -2.54. The smallest absolute Gasteiger partial charge is 0.319 e. The van der Waals surface area contributed by atoms with Crippen LogP contribution in [0.3, 0.4) is 0 Å². The molecule has 0 radical (unpaired) electrons. The third kappa shape index (κ3) is 10.4. The van der Waals surface area contributed by atoms with E-state index in [-0.39, 0.29) is 24.0 Å². The molecule has 0 aromatic heterocycles. The number of hydrogen-bond donors (Lipinski definition) is 2. The van der Waals surface area contributed by atoms with Crippen LogP contribution < -0.4 is 29.8 Å². The van der Waals surface area contributed by atoms with Crippen molar-refractivity contribution in [2.75, 3.05) is 50.7 Å². The average molecular weight is 676 g/mol. The SMILES string of the molecule is CCCC[N+]1(Oc2ccc(C(=O)N(c3ccc(Oc4ccc(NC(=O)NC(CC)CC)cc4OC)cc3)C(C)COC)cc2)CCCCC1. The Morgan fingerprint density at radius 1 is 0.857 bits per heavy atom. The number of likely N-dealkylation sites (tertiary alicyclic amines) is 1. The highest BCUT2D eigenvalue weighted by Gasteiger charge is 2.33. The van der Waals surface area contributed by atoms with E-state index in [1.807, 2.05) is 69.3 Å². The van der Waals surface area contributed by atoms with Crippen LogP contribution in [0.2, 0.25) is 0 Å². The zero-order valence-corrected chi connectivity index (χ0v) is 30.1. The molecule has 266 valence electrons. The van der Waals surface area contributed by atoms with Gasteiger partial charge < -0.3 is 34.6 Å². The molecule has 1 saturated heterocycles. The number of hydrogen-bond acceptors (Lipinski definition) is 6. The minimum Gasteiger partial charge on any atom is -0.493 e. The molecule has 3 aromatic rings. The lowest BCUT2D eigenvalue weighted by atomic mass is 10.1. The summed E-state index contributed by atoms with van der Waals surface area (Å²) < 4.78 is 17.8. The van der Waals surface area contributed by atoms with Crippen LogP contribution in [0.4, 0.5) is 16.2 Å². The molecular formula is C39H55N4O6+. The van der Waals surface area contributed by atoms with Crippen LogP contribution in [0.15, 0.2) is 66.7 Å². The van der Waals surface area contributed by atoms with E-state index in [2.05, 4.69) is 17.6 Å². The van der Waals surface area contributed by atoms with E-state index in [0.717, 1.165) is 56.8 Å². The van der Waals surface area contributed by atoms with Crippen LogP contribution in [0.1, 0.15) is 83.0 Å². The van der Waals surface area contributed by atoms with Crippen molar-refractivity contribution in [2.45, 2.75) is 84.7 Å². The maximum absolute atomic E-state index is 14.0. The van der Waals surface area contributed by atoms with E-state index >= 15 is 0 Å². The fourth-order valence-electron chi connectivity index (χ4n) is 6.28. The number of amides is 3. The maximum Gasteiger partial charge on any atom is 0.319 e. The molecule has 49 heavy (non-hydrogen) atoms. The minimum absolute atomic E-state index is 0.115. The number of unbranched alkanes of at least 4 members (excludes halogenated alkanes) is 1. The average Bonchev–Trinajstić information content (AvgIpc) is 3.12. The summed E-state index contributed by atoms with van der Waals surface area (Å²) in [5.41, 5.74) is 1.88. The van der Waals surface area contributed by atoms with Crippen molar-refractivity contribution in [1.29, 1.82) is 0 Å². The second-order valence-corrected chi connectivity index (χ2v) is 12.8. The molecule has 0 spiro atoms. The monoisotopic (exact) mass is 675 g/mol. The van der Waals surface area contributed by atoms with E-state index in [4.69, 9.17) is 19.0 Å². The van der Waals surface area contributed by atoms with Crippen molar-refractivity contribution in [3.05, 3.63) is 72.3 Å². The number of anilines is 2. The van der Waals surface area contributed by atoms with Gasteiger partial charge in [-0.1, -0.05) is 27.2 Å². The molecule has 0 saturated carbocycles. The zero-order chi connectivity index (χ0) is 35.2. The first kappa shape index (κ1) is 37.5. The highest BCUT2D eigenvalue weighted by Crippen LogP contribution is 2.35. The van der Waals surface area contributed by atoms with Gasteiger partial charge in [-0.2, -0.15) is 0 Å². The van der Waals surface area contributed by atoms with Gasteiger partial charge in [0.1, 0.15) is 25.4 Å². The first-order chi connectivity index (χ1) is 23.7. The van der Waals surface area contributed by atoms with Crippen LogP contribution in [-0.4, -0.2) is 69.1 Å². The van der Waals surface area contributed by atoms with Crippen LogP contribution >= 0.6 is 0 Å². The molecule has 4 rings (SSSR count). The van der Waals surface area contributed by atoms with Crippen molar-refractivity contribution in [2.24, 2.45) is 0 Å². The van der Waals surface area contributed by atoms with E-state index in [0.29, 0.717) is 39.8 Å². The Balaban J connectivity index is 1.47. The van der Waals surface area contributed by atoms with Crippen molar-refractivity contribution in [1.82, 2.24) is 5.32 Å².